The maximum absolute atomic E-state index is 12.3. The summed E-state index contributed by atoms with van der Waals surface area (Å²) in [5.74, 6) is -0.419. The Balaban J connectivity index is 1.58. The second kappa shape index (κ2) is 8.30. The zero-order valence-corrected chi connectivity index (χ0v) is 20.0. The molecule has 0 aliphatic rings. The third-order valence-electron chi connectivity index (χ3n) is 6.73. The van der Waals surface area contributed by atoms with E-state index in [4.69, 9.17) is 17.3 Å². The zero-order valence-electron chi connectivity index (χ0n) is 19.3. The number of primary amides is 1. The van der Waals surface area contributed by atoms with Crippen LogP contribution in [0.25, 0.3) is 43.7 Å². The minimum atomic E-state index is -0.419. The molecule has 6 aromatic rings. The smallest absolute Gasteiger partial charge is 0.249 e. The van der Waals surface area contributed by atoms with Crippen molar-refractivity contribution in [2.75, 3.05) is 0 Å². The first-order valence-electron chi connectivity index (χ1n) is 11.6. The average molecular weight is 475 g/mol. The molecule has 0 unspecified atom stereocenters. The molecular formula is C31H23ClN2O. The Morgan fingerprint density at radius 1 is 0.800 bits per heavy atom. The molecule has 2 N–H and O–H groups in total. The first-order valence-corrected chi connectivity index (χ1v) is 12.0. The lowest BCUT2D eigenvalue weighted by Gasteiger charge is -2.11. The molecule has 1 aromatic heterocycles. The lowest BCUT2D eigenvalue weighted by molar-refractivity contribution is 0.100. The monoisotopic (exact) mass is 474 g/mol. The lowest BCUT2D eigenvalue weighted by Crippen LogP contribution is -2.11. The Labute approximate surface area is 208 Å². The minimum absolute atomic E-state index is 0.419. The van der Waals surface area contributed by atoms with Gasteiger partial charge in [-0.1, -0.05) is 77.8 Å². The molecule has 0 saturated carbocycles. The van der Waals surface area contributed by atoms with E-state index in [2.05, 4.69) is 72.2 Å². The van der Waals surface area contributed by atoms with Crippen molar-refractivity contribution in [1.29, 1.82) is 0 Å². The van der Waals surface area contributed by atoms with Crippen LogP contribution in [0.15, 0.2) is 97.1 Å². The summed E-state index contributed by atoms with van der Waals surface area (Å²) >= 11 is 6.11. The molecule has 0 spiro atoms. The van der Waals surface area contributed by atoms with Crippen molar-refractivity contribution in [3.8, 4) is 11.1 Å². The number of hydrogen-bond donors (Lipinski definition) is 1. The summed E-state index contributed by atoms with van der Waals surface area (Å²) in [6, 6.07) is 33.1. The second-order valence-electron chi connectivity index (χ2n) is 9.07. The average Bonchev–Trinajstić information content (AvgIpc) is 3.17. The Morgan fingerprint density at radius 2 is 1.54 bits per heavy atom. The number of aromatic nitrogens is 1. The summed E-state index contributed by atoms with van der Waals surface area (Å²) in [6.45, 7) is 2.79. The lowest BCUT2D eigenvalue weighted by atomic mass is 10.0. The highest BCUT2D eigenvalue weighted by Gasteiger charge is 2.17. The molecule has 0 atom stereocenters. The van der Waals surface area contributed by atoms with Crippen LogP contribution in [-0.2, 0) is 6.54 Å². The normalized spacial score (nSPS) is 11.5. The molecule has 0 aliphatic heterocycles. The van der Waals surface area contributed by atoms with E-state index >= 15 is 0 Å². The van der Waals surface area contributed by atoms with Crippen molar-refractivity contribution in [2.45, 2.75) is 13.5 Å². The van der Waals surface area contributed by atoms with Crippen molar-refractivity contribution in [2.24, 2.45) is 5.73 Å². The number of hydrogen-bond acceptors (Lipinski definition) is 1. The number of aryl methyl sites for hydroxylation is 1. The van der Waals surface area contributed by atoms with Gasteiger partial charge in [-0.2, -0.15) is 0 Å². The van der Waals surface area contributed by atoms with Gasteiger partial charge in [0.2, 0.25) is 5.91 Å². The van der Waals surface area contributed by atoms with E-state index in [1.165, 1.54) is 21.9 Å². The summed E-state index contributed by atoms with van der Waals surface area (Å²) < 4.78 is 2.28. The van der Waals surface area contributed by atoms with Crippen LogP contribution < -0.4 is 5.73 Å². The first kappa shape index (κ1) is 21.5. The summed E-state index contributed by atoms with van der Waals surface area (Å²) in [4.78, 5) is 12.3. The predicted molar refractivity (Wildman–Crippen MR) is 146 cm³/mol. The van der Waals surface area contributed by atoms with E-state index < -0.39 is 5.91 Å². The molecule has 0 saturated heterocycles. The summed E-state index contributed by atoms with van der Waals surface area (Å²) in [5, 5.41) is 5.07. The zero-order chi connectivity index (χ0) is 24.1. The fourth-order valence-corrected chi connectivity index (χ4v) is 5.16. The van der Waals surface area contributed by atoms with Crippen molar-refractivity contribution in [1.82, 2.24) is 4.57 Å². The van der Waals surface area contributed by atoms with Gasteiger partial charge >= 0.3 is 0 Å². The Bertz CT molecular complexity index is 1760. The van der Waals surface area contributed by atoms with Crippen LogP contribution in [0.4, 0.5) is 0 Å². The Hall–Kier alpha value is -4.08. The molecule has 0 bridgehead atoms. The highest BCUT2D eigenvalue weighted by Crippen LogP contribution is 2.35. The number of carbonyl (C=O) groups is 1. The van der Waals surface area contributed by atoms with Gasteiger partial charge in [-0.25, -0.2) is 0 Å². The van der Waals surface area contributed by atoms with Gasteiger partial charge in [0.05, 0.1) is 11.0 Å². The van der Waals surface area contributed by atoms with Gasteiger partial charge in [-0.15, -0.1) is 0 Å². The number of fused-ring (bicyclic) bond motifs is 4. The SMILES string of the molecule is Cc1ccc2cc(Cn3c4cc(-c5ccc(Cl)cc5)ccc4c4c(C(N)=O)cccc43)ccc2c1. The maximum atomic E-state index is 12.3. The largest absolute Gasteiger partial charge is 0.366 e. The van der Waals surface area contributed by atoms with E-state index in [9.17, 15) is 4.79 Å². The van der Waals surface area contributed by atoms with Gasteiger partial charge in [-0.05, 0) is 70.8 Å². The van der Waals surface area contributed by atoms with E-state index in [0.29, 0.717) is 17.1 Å². The molecule has 6 rings (SSSR count). The van der Waals surface area contributed by atoms with Crippen LogP contribution in [0.1, 0.15) is 21.5 Å². The third kappa shape index (κ3) is 3.74. The number of carbonyl (C=O) groups excluding carboxylic acids is 1. The van der Waals surface area contributed by atoms with Gasteiger partial charge in [0.1, 0.15) is 0 Å². The molecule has 4 heteroatoms. The summed E-state index contributed by atoms with van der Waals surface area (Å²) in [5.41, 5.74) is 13.0. The first-order chi connectivity index (χ1) is 17.0. The maximum Gasteiger partial charge on any atom is 0.249 e. The van der Waals surface area contributed by atoms with E-state index in [-0.39, 0.29) is 0 Å². The molecule has 5 aromatic carbocycles. The fraction of sp³-hybridized carbons (Fsp3) is 0.0645. The standard InChI is InChI=1S/C31H23ClN2O/c1-19-5-7-23-16-20(6-8-22(23)15-19)18-34-28-4-2-3-27(31(33)35)30(28)26-14-11-24(17-29(26)34)21-9-12-25(32)13-10-21/h2-17H,18H2,1H3,(H2,33,35). The number of amides is 1. The topological polar surface area (TPSA) is 48.0 Å². The molecule has 170 valence electrons. The van der Waals surface area contributed by atoms with Crippen molar-refractivity contribution in [3.05, 3.63) is 119 Å². The highest BCUT2D eigenvalue weighted by molar-refractivity contribution is 6.30. The summed E-state index contributed by atoms with van der Waals surface area (Å²) in [6.07, 6.45) is 0. The number of nitrogens with two attached hydrogens (primary N) is 1. The van der Waals surface area contributed by atoms with Crippen molar-refractivity contribution >= 4 is 50.1 Å². The van der Waals surface area contributed by atoms with Crippen LogP contribution in [0.2, 0.25) is 5.02 Å². The van der Waals surface area contributed by atoms with Crippen molar-refractivity contribution < 1.29 is 4.79 Å². The Morgan fingerprint density at radius 3 is 2.34 bits per heavy atom. The van der Waals surface area contributed by atoms with Gasteiger partial charge in [0.25, 0.3) is 0 Å². The van der Waals surface area contributed by atoms with E-state index in [1.54, 1.807) is 6.07 Å². The van der Waals surface area contributed by atoms with Crippen LogP contribution in [-0.4, -0.2) is 10.5 Å². The van der Waals surface area contributed by atoms with Crippen molar-refractivity contribution in [3.63, 3.8) is 0 Å². The fourth-order valence-electron chi connectivity index (χ4n) is 5.04. The van der Waals surface area contributed by atoms with E-state index in [0.717, 1.165) is 32.9 Å². The minimum Gasteiger partial charge on any atom is -0.366 e. The molecule has 0 aliphatic carbocycles. The molecule has 35 heavy (non-hydrogen) atoms. The number of benzene rings is 5. The van der Waals surface area contributed by atoms with Crippen LogP contribution in [0.5, 0.6) is 0 Å². The summed E-state index contributed by atoms with van der Waals surface area (Å²) in [7, 11) is 0. The molecule has 0 fully saturated rings. The van der Waals surface area contributed by atoms with E-state index in [1.807, 2.05) is 30.3 Å². The molecule has 0 radical (unpaired) electrons. The van der Waals surface area contributed by atoms with Gasteiger partial charge in [0, 0.05) is 27.9 Å². The number of halogens is 1. The predicted octanol–water partition coefficient (Wildman–Crippen LogP) is 7.72. The number of nitrogens with zero attached hydrogens (tertiary/aromatic N) is 1. The van der Waals surface area contributed by atoms with Crippen LogP contribution in [0, 0.1) is 6.92 Å². The van der Waals surface area contributed by atoms with Gasteiger partial charge in [0.15, 0.2) is 0 Å². The molecule has 1 heterocycles. The van der Waals surface area contributed by atoms with Gasteiger partial charge in [-0.3, -0.25) is 4.79 Å². The molecule has 1 amide bonds. The highest BCUT2D eigenvalue weighted by atomic mass is 35.5. The second-order valence-corrected chi connectivity index (χ2v) is 9.51. The Kier molecular flexibility index (Phi) is 5.09. The van der Waals surface area contributed by atoms with Gasteiger partial charge < -0.3 is 10.3 Å². The third-order valence-corrected chi connectivity index (χ3v) is 6.99. The van der Waals surface area contributed by atoms with Crippen LogP contribution >= 0.6 is 11.6 Å². The quantitative estimate of drug-likeness (QED) is 0.279. The molecule has 3 nitrogen and oxygen atoms in total. The number of rotatable bonds is 4. The van der Waals surface area contributed by atoms with Crippen LogP contribution in [0.3, 0.4) is 0 Å². The molecular weight excluding hydrogens is 452 g/mol.